The Kier molecular flexibility index (Phi) is 8.73. The number of likely N-dealkylation sites (N-methyl/N-ethyl adjacent to an activating group) is 1. The monoisotopic (exact) mass is 313 g/mol. The highest BCUT2D eigenvalue weighted by molar-refractivity contribution is 8.03. The predicted molar refractivity (Wildman–Crippen MR) is 91.9 cm³/mol. The van der Waals surface area contributed by atoms with Gasteiger partial charge in [-0.15, -0.1) is 11.8 Å². The van der Waals surface area contributed by atoms with Crippen LogP contribution in [0.15, 0.2) is 35.2 Å². The second-order valence-corrected chi connectivity index (χ2v) is 6.16. The molecule has 0 aromatic rings. The highest BCUT2D eigenvalue weighted by atomic mass is 32.2. The molecule has 0 saturated carbocycles. The SMILES string of the molecule is C=C(CNC)N1CCC(NCSC(=C\C)/C(F)=C\C)CC1. The molecule has 0 aromatic carbocycles. The lowest BCUT2D eigenvalue weighted by Gasteiger charge is -2.35. The van der Waals surface area contributed by atoms with Gasteiger partial charge in [-0.1, -0.05) is 18.7 Å². The second-order valence-electron chi connectivity index (χ2n) is 5.14. The second kappa shape index (κ2) is 10.0. The van der Waals surface area contributed by atoms with Crippen molar-refractivity contribution in [3.05, 3.63) is 35.2 Å². The average molecular weight is 313 g/mol. The van der Waals surface area contributed by atoms with Gasteiger partial charge in [0.2, 0.25) is 0 Å². The number of allylic oxidation sites excluding steroid dienone is 3. The number of hydrogen-bond acceptors (Lipinski definition) is 4. The molecule has 0 amide bonds. The van der Waals surface area contributed by atoms with Gasteiger partial charge in [0.15, 0.2) is 0 Å². The van der Waals surface area contributed by atoms with Crippen LogP contribution < -0.4 is 10.6 Å². The topological polar surface area (TPSA) is 27.3 Å². The molecule has 0 bridgehead atoms. The summed E-state index contributed by atoms with van der Waals surface area (Å²) >= 11 is 1.53. The van der Waals surface area contributed by atoms with Gasteiger partial charge in [0.05, 0.1) is 0 Å². The lowest BCUT2D eigenvalue weighted by atomic mass is 10.1. The van der Waals surface area contributed by atoms with Crippen molar-refractivity contribution >= 4 is 11.8 Å². The smallest absolute Gasteiger partial charge is 0.132 e. The first kappa shape index (κ1) is 18.3. The Hall–Kier alpha value is -0.780. The van der Waals surface area contributed by atoms with Crippen LogP contribution in [0, 0.1) is 0 Å². The Bertz CT molecular complexity index is 385. The molecule has 0 atom stereocenters. The zero-order chi connectivity index (χ0) is 15.7. The molecule has 1 aliphatic rings. The van der Waals surface area contributed by atoms with Crippen LogP contribution in [0.25, 0.3) is 0 Å². The Morgan fingerprint density at radius 2 is 2.00 bits per heavy atom. The fraction of sp³-hybridized carbons (Fsp3) is 0.625. The highest BCUT2D eigenvalue weighted by Crippen LogP contribution is 2.24. The quantitative estimate of drug-likeness (QED) is 0.531. The minimum Gasteiger partial charge on any atom is -0.374 e. The molecule has 0 unspecified atom stereocenters. The first-order chi connectivity index (χ1) is 10.1. The third-order valence-corrected chi connectivity index (χ3v) is 4.73. The molecule has 2 N–H and O–H groups in total. The van der Waals surface area contributed by atoms with Crippen molar-refractivity contribution in [2.45, 2.75) is 32.7 Å². The van der Waals surface area contributed by atoms with E-state index in [1.807, 2.05) is 20.0 Å². The number of nitrogens with one attached hydrogen (secondary N) is 2. The van der Waals surface area contributed by atoms with Crippen molar-refractivity contribution in [2.75, 3.05) is 32.6 Å². The van der Waals surface area contributed by atoms with Gasteiger partial charge in [-0.3, -0.25) is 0 Å². The van der Waals surface area contributed by atoms with Crippen molar-refractivity contribution in [1.82, 2.24) is 15.5 Å². The minimum absolute atomic E-state index is 0.137. The fourth-order valence-corrected chi connectivity index (χ4v) is 3.28. The van der Waals surface area contributed by atoms with Gasteiger partial charge in [0.25, 0.3) is 0 Å². The Morgan fingerprint density at radius 1 is 1.33 bits per heavy atom. The number of thioether (sulfide) groups is 1. The Morgan fingerprint density at radius 3 is 2.52 bits per heavy atom. The van der Waals surface area contributed by atoms with E-state index in [4.69, 9.17) is 0 Å². The molecular formula is C16H28FN3S. The summed E-state index contributed by atoms with van der Waals surface area (Å²) in [7, 11) is 1.94. The van der Waals surface area contributed by atoms with Crippen LogP contribution in [0.5, 0.6) is 0 Å². The summed E-state index contributed by atoms with van der Waals surface area (Å²) < 4.78 is 13.5. The molecule has 3 nitrogen and oxygen atoms in total. The summed E-state index contributed by atoms with van der Waals surface area (Å²) in [6.45, 7) is 10.6. The zero-order valence-electron chi connectivity index (χ0n) is 13.4. The van der Waals surface area contributed by atoms with Crippen LogP contribution >= 0.6 is 11.8 Å². The van der Waals surface area contributed by atoms with E-state index < -0.39 is 0 Å². The van der Waals surface area contributed by atoms with Crippen molar-refractivity contribution in [3.63, 3.8) is 0 Å². The third-order valence-electron chi connectivity index (χ3n) is 3.67. The van der Waals surface area contributed by atoms with Crippen molar-refractivity contribution in [2.24, 2.45) is 0 Å². The van der Waals surface area contributed by atoms with Crippen molar-refractivity contribution < 1.29 is 4.39 Å². The van der Waals surface area contributed by atoms with Crippen molar-refractivity contribution in [1.29, 1.82) is 0 Å². The number of nitrogens with zero attached hydrogens (tertiary/aromatic N) is 1. The molecule has 1 aliphatic heterocycles. The van der Waals surface area contributed by atoms with Gasteiger partial charge in [-0.25, -0.2) is 4.39 Å². The van der Waals surface area contributed by atoms with Gasteiger partial charge in [-0.2, -0.15) is 0 Å². The summed E-state index contributed by atoms with van der Waals surface area (Å²) in [5.74, 6) is 0.616. The molecule has 1 fully saturated rings. The summed E-state index contributed by atoms with van der Waals surface area (Å²) in [6, 6.07) is 0.517. The van der Waals surface area contributed by atoms with Gasteiger partial charge in [0.1, 0.15) is 5.83 Å². The van der Waals surface area contributed by atoms with Crippen LogP contribution in [0.3, 0.4) is 0 Å². The normalized spacial score (nSPS) is 18.2. The van der Waals surface area contributed by atoms with Crippen LogP contribution in [-0.4, -0.2) is 43.5 Å². The number of likely N-dealkylation sites (tertiary alicyclic amines) is 1. The predicted octanol–water partition coefficient (Wildman–Crippen LogP) is 3.24. The number of rotatable bonds is 8. The Labute approximate surface area is 132 Å². The average Bonchev–Trinajstić information content (AvgIpc) is 2.51. The summed E-state index contributed by atoms with van der Waals surface area (Å²) in [4.78, 5) is 3.06. The molecule has 0 aromatic heterocycles. The molecule has 0 radical (unpaired) electrons. The van der Waals surface area contributed by atoms with E-state index in [0.29, 0.717) is 10.9 Å². The third kappa shape index (κ3) is 6.24. The maximum Gasteiger partial charge on any atom is 0.132 e. The van der Waals surface area contributed by atoms with Gasteiger partial charge in [0, 0.05) is 42.2 Å². The summed E-state index contributed by atoms with van der Waals surface area (Å²) in [5, 5.41) is 6.65. The fourth-order valence-electron chi connectivity index (χ4n) is 2.39. The number of piperidine rings is 1. The maximum absolute atomic E-state index is 13.5. The zero-order valence-corrected chi connectivity index (χ0v) is 14.2. The van der Waals surface area contributed by atoms with E-state index in [1.54, 1.807) is 6.92 Å². The molecule has 5 heteroatoms. The van der Waals surface area contributed by atoms with E-state index in [1.165, 1.54) is 17.8 Å². The van der Waals surface area contributed by atoms with Crippen LogP contribution in [0.4, 0.5) is 4.39 Å². The standard InChI is InChI=1S/C16H28FN3S/c1-5-15(17)16(6-2)21-12-19-14-7-9-20(10-8-14)13(3)11-18-4/h5-6,14,18-19H,3,7-12H2,1-2,4H3/b15-5+,16-6-. The summed E-state index contributed by atoms with van der Waals surface area (Å²) in [6.07, 6.45) is 5.56. The van der Waals surface area contributed by atoms with Crippen molar-refractivity contribution in [3.8, 4) is 0 Å². The number of halogens is 1. The summed E-state index contributed by atoms with van der Waals surface area (Å²) in [5.41, 5.74) is 1.16. The van der Waals surface area contributed by atoms with E-state index in [0.717, 1.165) is 44.0 Å². The van der Waals surface area contributed by atoms with E-state index >= 15 is 0 Å². The largest absolute Gasteiger partial charge is 0.374 e. The Balaban J connectivity index is 2.26. The molecular weight excluding hydrogens is 285 g/mol. The molecule has 120 valence electrons. The van der Waals surface area contributed by atoms with E-state index in [2.05, 4.69) is 22.1 Å². The maximum atomic E-state index is 13.5. The molecule has 0 spiro atoms. The minimum atomic E-state index is -0.137. The first-order valence-corrected chi connectivity index (χ1v) is 8.52. The van der Waals surface area contributed by atoms with Crippen LogP contribution in [0.2, 0.25) is 0 Å². The van der Waals surface area contributed by atoms with E-state index in [-0.39, 0.29) is 5.83 Å². The molecule has 1 rings (SSSR count). The number of hydrogen-bond donors (Lipinski definition) is 2. The molecule has 0 aliphatic carbocycles. The van der Waals surface area contributed by atoms with Gasteiger partial charge in [-0.05, 0) is 33.7 Å². The molecule has 21 heavy (non-hydrogen) atoms. The van der Waals surface area contributed by atoms with Crippen LogP contribution in [0.1, 0.15) is 26.7 Å². The van der Waals surface area contributed by atoms with E-state index in [9.17, 15) is 4.39 Å². The highest BCUT2D eigenvalue weighted by Gasteiger charge is 2.19. The van der Waals surface area contributed by atoms with Crippen LogP contribution in [-0.2, 0) is 0 Å². The van der Waals surface area contributed by atoms with Gasteiger partial charge < -0.3 is 15.5 Å². The molecule has 1 saturated heterocycles. The first-order valence-electron chi connectivity index (χ1n) is 7.54. The van der Waals surface area contributed by atoms with Gasteiger partial charge >= 0.3 is 0 Å². The lowest BCUT2D eigenvalue weighted by Crippen LogP contribution is -2.43. The molecule has 1 heterocycles. The lowest BCUT2D eigenvalue weighted by molar-refractivity contribution is 0.243.